The van der Waals surface area contributed by atoms with Gasteiger partial charge in [-0.25, -0.2) is 22.2 Å². The molecular formula is C20H22FN5O3S. The second kappa shape index (κ2) is 8.04. The minimum atomic E-state index is -3.29. The van der Waals surface area contributed by atoms with E-state index < -0.39 is 15.8 Å². The fourth-order valence-electron chi connectivity index (χ4n) is 3.69. The van der Waals surface area contributed by atoms with Crippen molar-refractivity contribution in [2.24, 2.45) is 0 Å². The van der Waals surface area contributed by atoms with Gasteiger partial charge in [-0.3, -0.25) is 4.79 Å². The molecule has 3 aromatic rings. The highest BCUT2D eigenvalue weighted by Gasteiger charge is 2.29. The molecule has 158 valence electrons. The summed E-state index contributed by atoms with van der Waals surface area (Å²) in [6.07, 6.45) is 7.18. The lowest BCUT2D eigenvalue weighted by Crippen LogP contribution is -2.46. The van der Waals surface area contributed by atoms with Crippen LogP contribution in [-0.2, 0) is 10.0 Å². The summed E-state index contributed by atoms with van der Waals surface area (Å²) in [5, 5.41) is 4.30. The maximum absolute atomic E-state index is 14.4. The number of hydrogen-bond donors (Lipinski definition) is 1. The van der Waals surface area contributed by atoms with E-state index in [1.165, 1.54) is 16.9 Å². The molecule has 0 aliphatic carbocycles. The number of rotatable bonds is 5. The zero-order chi connectivity index (χ0) is 21.3. The van der Waals surface area contributed by atoms with Gasteiger partial charge in [0.15, 0.2) is 5.82 Å². The summed E-state index contributed by atoms with van der Waals surface area (Å²) in [5.41, 5.74) is 0.597. The molecule has 1 aromatic carbocycles. The van der Waals surface area contributed by atoms with Gasteiger partial charge in [-0.05, 0) is 37.1 Å². The molecule has 1 saturated heterocycles. The molecular weight excluding hydrogens is 409 g/mol. The molecule has 0 saturated carbocycles. The molecule has 1 fully saturated rings. The monoisotopic (exact) mass is 431 g/mol. The minimum Gasteiger partial charge on any atom is -0.338 e. The number of amides is 1. The van der Waals surface area contributed by atoms with Gasteiger partial charge >= 0.3 is 0 Å². The quantitative estimate of drug-likeness (QED) is 0.669. The number of carbonyl (C=O) groups excluding carboxylic acids is 1. The van der Waals surface area contributed by atoms with Gasteiger partial charge < -0.3 is 9.47 Å². The first-order chi connectivity index (χ1) is 14.3. The summed E-state index contributed by atoms with van der Waals surface area (Å²) in [5.74, 6) is -0.216. The Morgan fingerprint density at radius 3 is 2.43 bits per heavy atom. The number of nitrogens with one attached hydrogen (secondary N) is 1. The molecule has 30 heavy (non-hydrogen) atoms. The number of likely N-dealkylation sites (tertiary alicyclic amines) is 1. The van der Waals surface area contributed by atoms with Gasteiger partial charge in [-0.1, -0.05) is 12.1 Å². The number of para-hydroxylation sites is 1. The maximum Gasteiger partial charge on any atom is 0.259 e. The van der Waals surface area contributed by atoms with Gasteiger partial charge in [-0.2, -0.15) is 5.10 Å². The van der Waals surface area contributed by atoms with Crippen LogP contribution in [0.15, 0.2) is 55.0 Å². The molecule has 0 unspecified atom stereocenters. The number of carbonyl (C=O) groups is 1. The molecule has 4 rings (SSSR count). The number of nitrogens with zero attached hydrogens (tertiary/aromatic N) is 4. The van der Waals surface area contributed by atoms with Crippen molar-refractivity contribution >= 4 is 15.9 Å². The highest BCUT2D eigenvalue weighted by atomic mass is 32.2. The third-order valence-electron chi connectivity index (χ3n) is 5.07. The summed E-state index contributed by atoms with van der Waals surface area (Å²) in [4.78, 5) is 14.9. The minimum absolute atomic E-state index is 0.186. The Morgan fingerprint density at radius 1 is 1.13 bits per heavy atom. The Morgan fingerprint density at radius 2 is 1.80 bits per heavy atom. The SMILES string of the molecule is CS(=O)(=O)NC1CCN(C(=O)c2cnn(-c3ccccc3F)c2-n2cccc2)CC1. The third-order valence-corrected chi connectivity index (χ3v) is 5.83. The first kappa shape index (κ1) is 20.3. The van der Waals surface area contributed by atoms with Crippen molar-refractivity contribution in [1.29, 1.82) is 0 Å². The fraction of sp³-hybridized carbons (Fsp3) is 0.300. The van der Waals surface area contributed by atoms with E-state index in [-0.39, 0.29) is 17.6 Å². The molecule has 1 amide bonds. The molecule has 1 N–H and O–H groups in total. The van der Waals surface area contributed by atoms with Gasteiger partial charge in [0.25, 0.3) is 5.91 Å². The van der Waals surface area contributed by atoms with Crippen LogP contribution in [0.4, 0.5) is 4.39 Å². The molecule has 2 aromatic heterocycles. The van der Waals surface area contributed by atoms with E-state index in [1.807, 2.05) is 12.1 Å². The zero-order valence-corrected chi connectivity index (χ0v) is 17.2. The second-order valence-electron chi connectivity index (χ2n) is 7.29. The third kappa shape index (κ3) is 4.14. The van der Waals surface area contributed by atoms with Crippen molar-refractivity contribution in [3.05, 3.63) is 66.4 Å². The fourth-order valence-corrected chi connectivity index (χ4v) is 4.53. The van der Waals surface area contributed by atoms with E-state index in [9.17, 15) is 17.6 Å². The van der Waals surface area contributed by atoms with Crippen LogP contribution < -0.4 is 4.72 Å². The van der Waals surface area contributed by atoms with Gasteiger partial charge in [0.05, 0.1) is 12.5 Å². The lowest BCUT2D eigenvalue weighted by molar-refractivity contribution is 0.0711. The smallest absolute Gasteiger partial charge is 0.259 e. The van der Waals surface area contributed by atoms with Crippen LogP contribution in [0, 0.1) is 5.82 Å². The van der Waals surface area contributed by atoms with Gasteiger partial charge in [-0.15, -0.1) is 0 Å². The van der Waals surface area contributed by atoms with Crippen molar-refractivity contribution in [3.8, 4) is 11.5 Å². The molecule has 3 heterocycles. The van der Waals surface area contributed by atoms with E-state index in [0.717, 1.165) is 6.26 Å². The number of hydrogen-bond acceptors (Lipinski definition) is 4. The number of sulfonamides is 1. The topological polar surface area (TPSA) is 89.2 Å². The van der Waals surface area contributed by atoms with Crippen LogP contribution >= 0.6 is 0 Å². The first-order valence-corrected chi connectivity index (χ1v) is 11.5. The Balaban J connectivity index is 1.64. The Labute approximate surface area is 174 Å². The molecule has 10 heteroatoms. The van der Waals surface area contributed by atoms with Crippen molar-refractivity contribution in [2.45, 2.75) is 18.9 Å². The molecule has 8 nitrogen and oxygen atoms in total. The Kier molecular flexibility index (Phi) is 5.44. The largest absolute Gasteiger partial charge is 0.338 e. The van der Waals surface area contributed by atoms with Crippen LogP contribution in [0.1, 0.15) is 23.2 Å². The molecule has 0 atom stereocenters. The van der Waals surface area contributed by atoms with Crippen molar-refractivity contribution < 1.29 is 17.6 Å². The summed E-state index contributed by atoms with van der Waals surface area (Å²) in [6.45, 7) is 0.837. The number of piperidine rings is 1. The van der Waals surface area contributed by atoms with Gasteiger partial charge in [0.2, 0.25) is 10.0 Å². The maximum atomic E-state index is 14.4. The van der Waals surface area contributed by atoms with E-state index in [0.29, 0.717) is 37.3 Å². The standard InChI is InChI=1S/C20H22FN5O3S/c1-30(28,29)23-15-8-12-25(13-9-15)20(27)16-14-22-26(18-7-3-2-6-17(18)21)19(16)24-10-4-5-11-24/h2-7,10-11,14-15,23H,8-9,12-13H2,1H3. The summed E-state index contributed by atoms with van der Waals surface area (Å²) in [7, 11) is -3.29. The van der Waals surface area contributed by atoms with Gasteiger partial charge in [0.1, 0.15) is 17.1 Å². The van der Waals surface area contributed by atoms with E-state index in [4.69, 9.17) is 0 Å². The van der Waals surface area contributed by atoms with Crippen molar-refractivity contribution in [1.82, 2.24) is 24.0 Å². The highest BCUT2D eigenvalue weighted by molar-refractivity contribution is 7.88. The van der Waals surface area contributed by atoms with Crippen molar-refractivity contribution in [3.63, 3.8) is 0 Å². The van der Waals surface area contributed by atoms with Gasteiger partial charge in [0, 0.05) is 31.5 Å². The summed E-state index contributed by atoms with van der Waals surface area (Å²) in [6, 6.07) is 9.70. The number of benzene rings is 1. The van der Waals surface area contributed by atoms with Crippen LogP contribution in [-0.4, -0.2) is 59.0 Å². The van der Waals surface area contributed by atoms with Crippen LogP contribution in [0.3, 0.4) is 0 Å². The lowest BCUT2D eigenvalue weighted by Gasteiger charge is -2.32. The Bertz CT molecular complexity index is 1150. The summed E-state index contributed by atoms with van der Waals surface area (Å²) < 4.78 is 43.0. The highest BCUT2D eigenvalue weighted by Crippen LogP contribution is 2.24. The first-order valence-electron chi connectivity index (χ1n) is 9.56. The number of aromatic nitrogens is 3. The molecule has 1 aliphatic heterocycles. The second-order valence-corrected chi connectivity index (χ2v) is 9.07. The number of halogens is 1. The molecule has 0 spiro atoms. The Hall–Kier alpha value is -2.98. The average molecular weight is 431 g/mol. The predicted octanol–water partition coefficient (Wildman–Crippen LogP) is 1.96. The normalized spacial score (nSPS) is 15.5. The van der Waals surface area contributed by atoms with Crippen molar-refractivity contribution in [2.75, 3.05) is 19.3 Å². The van der Waals surface area contributed by atoms with E-state index >= 15 is 0 Å². The predicted molar refractivity (Wildman–Crippen MR) is 110 cm³/mol. The molecule has 0 bridgehead atoms. The lowest BCUT2D eigenvalue weighted by atomic mass is 10.1. The van der Waals surface area contributed by atoms with Crippen LogP contribution in [0.2, 0.25) is 0 Å². The summed E-state index contributed by atoms with van der Waals surface area (Å²) >= 11 is 0. The molecule has 0 radical (unpaired) electrons. The van der Waals surface area contributed by atoms with E-state index in [2.05, 4.69) is 9.82 Å². The molecule has 1 aliphatic rings. The zero-order valence-electron chi connectivity index (χ0n) is 16.4. The average Bonchev–Trinajstić information content (AvgIpc) is 3.37. The van der Waals surface area contributed by atoms with Crippen LogP contribution in [0.5, 0.6) is 0 Å². The van der Waals surface area contributed by atoms with Crippen LogP contribution in [0.25, 0.3) is 11.5 Å². The van der Waals surface area contributed by atoms with E-state index in [1.54, 1.807) is 40.1 Å².